The zero-order valence-corrected chi connectivity index (χ0v) is 10.1. The fraction of sp³-hybridized carbons (Fsp3) is 0.556. The van der Waals surface area contributed by atoms with Crippen molar-refractivity contribution in [2.24, 2.45) is 0 Å². The minimum atomic E-state index is -3.12. The van der Waals surface area contributed by atoms with Gasteiger partial charge < -0.3 is 5.11 Å². The van der Waals surface area contributed by atoms with Gasteiger partial charge in [-0.3, -0.25) is 0 Å². The van der Waals surface area contributed by atoms with Gasteiger partial charge in [0.25, 0.3) is 0 Å². The summed E-state index contributed by atoms with van der Waals surface area (Å²) in [5, 5.41) is 9.68. The van der Waals surface area contributed by atoms with E-state index in [1.807, 2.05) is 19.9 Å². The lowest BCUT2D eigenvalue weighted by Gasteiger charge is -2.07. The van der Waals surface area contributed by atoms with Crippen LogP contribution in [-0.2, 0) is 9.84 Å². The third kappa shape index (κ3) is 3.08. The monoisotopic (exact) mass is 234 g/mol. The van der Waals surface area contributed by atoms with E-state index in [1.165, 1.54) is 11.3 Å². The van der Waals surface area contributed by atoms with E-state index >= 15 is 0 Å². The number of aryl methyl sites for hydroxylation is 2. The topological polar surface area (TPSA) is 54.4 Å². The molecule has 0 aliphatic heterocycles. The summed E-state index contributed by atoms with van der Waals surface area (Å²) in [6.07, 6.45) is 0.246. The quantitative estimate of drug-likeness (QED) is 0.861. The second kappa shape index (κ2) is 4.00. The normalized spacial score (nSPS) is 14.3. The van der Waals surface area contributed by atoms with Gasteiger partial charge in [0.15, 0.2) is 0 Å². The molecule has 0 aliphatic rings. The van der Waals surface area contributed by atoms with Crippen LogP contribution in [0.25, 0.3) is 0 Å². The van der Waals surface area contributed by atoms with Crippen LogP contribution in [0.4, 0.5) is 0 Å². The Morgan fingerprint density at radius 3 is 2.43 bits per heavy atom. The molecule has 5 heteroatoms. The lowest BCUT2D eigenvalue weighted by molar-refractivity contribution is 0.205. The Hall–Kier alpha value is -0.390. The Balaban J connectivity index is 2.90. The van der Waals surface area contributed by atoms with Crippen molar-refractivity contribution in [2.75, 3.05) is 12.0 Å². The van der Waals surface area contributed by atoms with E-state index in [1.54, 1.807) is 0 Å². The van der Waals surface area contributed by atoms with Gasteiger partial charge in [-0.2, -0.15) is 0 Å². The maximum absolute atomic E-state index is 11.0. The molecule has 1 unspecified atom stereocenters. The first-order valence-electron chi connectivity index (χ1n) is 4.22. The van der Waals surface area contributed by atoms with Gasteiger partial charge in [0.05, 0.1) is 5.75 Å². The van der Waals surface area contributed by atoms with Crippen molar-refractivity contribution in [3.05, 3.63) is 21.4 Å². The van der Waals surface area contributed by atoms with Crippen LogP contribution in [0.2, 0.25) is 0 Å². The molecular formula is C9H14O3S2. The first kappa shape index (κ1) is 11.7. The highest BCUT2D eigenvalue weighted by molar-refractivity contribution is 7.90. The number of hydrogen-bond acceptors (Lipinski definition) is 4. The highest BCUT2D eigenvalue weighted by Crippen LogP contribution is 2.27. The van der Waals surface area contributed by atoms with Crippen molar-refractivity contribution in [2.45, 2.75) is 20.0 Å². The molecule has 1 heterocycles. The van der Waals surface area contributed by atoms with E-state index < -0.39 is 15.9 Å². The Labute approximate surface area is 88.3 Å². The molecule has 1 aromatic rings. The van der Waals surface area contributed by atoms with E-state index in [0.29, 0.717) is 0 Å². The van der Waals surface area contributed by atoms with Crippen LogP contribution in [0.3, 0.4) is 0 Å². The summed E-state index contributed by atoms with van der Waals surface area (Å²) in [6.45, 7) is 3.82. The second-order valence-corrected chi connectivity index (χ2v) is 6.99. The molecule has 0 radical (unpaired) electrons. The fourth-order valence-electron chi connectivity index (χ4n) is 1.35. The van der Waals surface area contributed by atoms with Crippen molar-refractivity contribution in [1.29, 1.82) is 0 Å². The van der Waals surface area contributed by atoms with Crippen molar-refractivity contribution in [3.63, 3.8) is 0 Å². The number of aliphatic hydroxyl groups excluding tert-OH is 1. The van der Waals surface area contributed by atoms with Crippen molar-refractivity contribution in [1.82, 2.24) is 0 Å². The fourth-order valence-corrected chi connectivity index (χ4v) is 3.22. The largest absolute Gasteiger partial charge is 0.387 e. The van der Waals surface area contributed by atoms with Gasteiger partial charge >= 0.3 is 0 Å². The molecule has 1 aromatic heterocycles. The van der Waals surface area contributed by atoms with Gasteiger partial charge in [0.1, 0.15) is 15.9 Å². The highest BCUT2D eigenvalue weighted by atomic mass is 32.2. The van der Waals surface area contributed by atoms with E-state index in [9.17, 15) is 13.5 Å². The summed E-state index contributed by atoms with van der Waals surface area (Å²) in [5.74, 6) is -0.201. The van der Waals surface area contributed by atoms with Crippen molar-refractivity contribution >= 4 is 21.2 Å². The summed E-state index contributed by atoms with van der Waals surface area (Å²) in [7, 11) is -3.12. The summed E-state index contributed by atoms with van der Waals surface area (Å²) in [6, 6.07) is 1.95. The van der Waals surface area contributed by atoms with Gasteiger partial charge in [-0.25, -0.2) is 8.42 Å². The number of rotatable bonds is 3. The Bertz CT molecular complexity index is 417. The number of hydrogen-bond donors (Lipinski definition) is 1. The van der Waals surface area contributed by atoms with Gasteiger partial charge in [0, 0.05) is 16.0 Å². The molecule has 80 valence electrons. The number of thiophene rings is 1. The molecule has 1 atom stereocenters. The zero-order valence-electron chi connectivity index (χ0n) is 8.44. The molecule has 3 nitrogen and oxygen atoms in total. The Kier molecular flexibility index (Phi) is 3.34. The average Bonchev–Trinajstić information content (AvgIpc) is 2.26. The zero-order chi connectivity index (χ0) is 10.9. The minimum absolute atomic E-state index is 0.201. The van der Waals surface area contributed by atoms with Crippen LogP contribution in [0.5, 0.6) is 0 Å². The Morgan fingerprint density at radius 1 is 1.50 bits per heavy atom. The molecule has 0 bridgehead atoms. The van der Waals surface area contributed by atoms with Crippen LogP contribution in [0, 0.1) is 13.8 Å². The first-order valence-corrected chi connectivity index (χ1v) is 7.10. The van der Waals surface area contributed by atoms with Crippen LogP contribution >= 0.6 is 11.3 Å². The van der Waals surface area contributed by atoms with E-state index in [-0.39, 0.29) is 5.75 Å². The molecule has 0 amide bonds. The Morgan fingerprint density at radius 2 is 2.07 bits per heavy atom. The number of aliphatic hydroxyl groups is 1. The minimum Gasteiger partial charge on any atom is -0.387 e. The maximum atomic E-state index is 11.0. The van der Waals surface area contributed by atoms with Crippen molar-refractivity contribution in [3.8, 4) is 0 Å². The lowest BCUT2D eigenvalue weighted by Crippen LogP contribution is -2.12. The summed E-state index contributed by atoms with van der Waals surface area (Å²) >= 11 is 1.45. The third-order valence-corrected chi connectivity index (χ3v) is 4.02. The molecule has 0 saturated carbocycles. The predicted octanol–water partition coefficient (Wildman–Crippen LogP) is 1.44. The van der Waals surface area contributed by atoms with E-state index in [2.05, 4.69) is 0 Å². The second-order valence-electron chi connectivity index (χ2n) is 3.51. The van der Waals surface area contributed by atoms with Crippen LogP contribution in [0.15, 0.2) is 6.07 Å². The number of sulfone groups is 1. The molecule has 0 aliphatic carbocycles. The van der Waals surface area contributed by atoms with Crippen LogP contribution < -0.4 is 0 Å². The summed E-state index contributed by atoms with van der Waals surface area (Å²) < 4.78 is 22.0. The lowest BCUT2D eigenvalue weighted by atomic mass is 10.2. The molecule has 14 heavy (non-hydrogen) atoms. The van der Waals surface area contributed by atoms with Gasteiger partial charge in [0.2, 0.25) is 0 Å². The first-order chi connectivity index (χ1) is 6.29. The van der Waals surface area contributed by atoms with Gasteiger partial charge in [-0.15, -0.1) is 11.3 Å². The molecule has 0 fully saturated rings. The average molecular weight is 234 g/mol. The standard InChI is InChI=1S/C9H14O3S2/c1-6-4-7(2)13-9(6)8(10)5-14(3,11)12/h4,8,10H,5H2,1-3H3. The highest BCUT2D eigenvalue weighted by Gasteiger charge is 2.18. The maximum Gasteiger partial charge on any atom is 0.150 e. The molecule has 1 N–H and O–H groups in total. The van der Waals surface area contributed by atoms with Crippen LogP contribution in [-0.4, -0.2) is 25.5 Å². The molecule has 0 spiro atoms. The molecule has 1 rings (SSSR count). The van der Waals surface area contributed by atoms with Gasteiger partial charge in [-0.1, -0.05) is 0 Å². The van der Waals surface area contributed by atoms with Crippen LogP contribution in [0.1, 0.15) is 21.4 Å². The van der Waals surface area contributed by atoms with E-state index in [4.69, 9.17) is 0 Å². The van der Waals surface area contributed by atoms with Gasteiger partial charge in [-0.05, 0) is 25.5 Å². The molecule has 0 saturated heterocycles. The summed E-state index contributed by atoms with van der Waals surface area (Å²) in [5.41, 5.74) is 0.962. The third-order valence-electron chi connectivity index (χ3n) is 1.84. The SMILES string of the molecule is Cc1cc(C)c(C(O)CS(C)(=O)=O)s1. The predicted molar refractivity (Wildman–Crippen MR) is 58.5 cm³/mol. The smallest absolute Gasteiger partial charge is 0.150 e. The van der Waals surface area contributed by atoms with E-state index in [0.717, 1.165) is 21.6 Å². The van der Waals surface area contributed by atoms with Crippen molar-refractivity contribution < 1.29 is 13.5 Å². The molecular weight excluding hydrogens is 220 g/mol. The molecule has 0 aromatic carbocycles. The summed E-state index contributed by atoms with van der Waals surface area (Å²) in [4.78, 5) is 1.85.